The largest absolute Gasteiger partial charge is 0.398 e. The lowest BCUT2D eigenvalue weighted by molar-refractivity contribution is 0.483. The maximum absolute atomic E-state index is 10.5. The van der Waals surface area contributed by atoms with E-state index in [1.165, 1.54) is 30.3 Å². The average molecular weight is 346 g/mol. The fourth-order valence-corrected chi connectivity index (χ4v) is 2.42. The van der Waals surface area contributed by atoms with Gasteiger partial charge in [-0.2, -0.15) is 16.8 Å². The summed E-state index contributed by atoms with van der Waals surface area (Å²) in [4.78, 5) is -0.250. The maximum Gasteiger partial charge on any atom is 0.357 e. The summed E-state index contributed by atoms with van der Waals surface area (Å²) in [6.45, 7) is 0. The van der Waals surface area contributed by atoms with Crippen molar-refractivity contribution in [2.75, 3.05) is 10.5 Å². The van der Waals surface area contributed by atoms with Gasteiger partial charge in [-0.25, -0.2) is 0 Å². The number of benzene rings is 2. The molecule has 0 aliphatic carbocycles. The minimum absolute atomic E-state index is 0.0509. The quantitative estimate of drug-likeness (QED) is 0.485. The van der Waals surface area contributed by atoms with Crippen molar-refractivity contribution in [1.29, 1.82) is 0 Å². The number of hydrogen-bond donors (Lipinski definition) is 4. The van der Waals surface area contributed by atoms with E-state index >= 15 is 0 Å². The molecule has 0 atom stereocenters. The zero-order valence-electron chi connectivity index (χ0n) is 11.1. The van der Waals surface area contributed by atoms with Gasteiger partial charge in [0, 0.05) is 0 Å². The average Bonchev–Trinajstić information content (AvgIpc) is 2.38. The van der Waals surface area contributed by atoms with Crippen molar-refractivity contribution in [2.45, 2.75) is 4.90 Å². The summed E-state index contributed by atoms with van der Waals surface area (Å²) >= 11 is 0. The van der Waals surface area contributed by atoms with Gasteiger partial charge in [0.25, 0.3) is 10.1 Å². The summed E-state index contributed by atoms with van der Waals surface area (Å²) in [5.74, 6) is 0. The van der Waals surface area contributed by atoms with Gasteiger partial charge in [-0.3, -0.25) is 13.8 Å². The smallest absolute Gasteiger partial charge is 0.357 e. The van der Waals surface area contributed by atoms with Gasteiger partial charge < -0.3 is 5.73 Å². The van der Waals surface area contributed by atoms with Crippen LogP contribution < -0.4 is 10.5 Å². The van der Waals surface area contributed by atoms with E-state index < -0.39 is 20.4 Å². The van der Waals surface area contributed by atoms with Crippen LogP contribution >= 0.6 is 0 Å². The van der Waals surface area contributed by atoms with E-state index in [4.69, 9.17) is 14.8 Å². The van der Waals surface area contributed by atoms with Crippen LogP contribution in [0.25, 0.3) is 0 Å². The molecule has 0 aromatic heterocycles. The number of hydrogen-bond acceptors (Lipinski definition) is 5. The second-order valence-corrected chi connectivity index (χ2v) is 6.50. The molecule has 0 amide bonds. The van der Waals surface area contributed by atoms with Crippen LogP contribution in [0.4, 0.5) is 11.4 Å². The molecule has 0 radical (unpaired) electrons. The Labute approximate surface area is 128 Å². The van der Waals surface area contributed by atoms with Crippen LogP contribution in [-0.4, -0.2) is 25.9 Å². The lowest BCUT2D eigenvalue weighted by Gasteiger charge is -1.99. The Morgan fingerprint density at radius 3 is 1.73 bits per heavy atom. The molecule has 0 bridgehead atoms. The molecule has 2 aromatic carbocycles. The molecule has 0 fully saturated rings. The van der Waals surface area contributed by atoms with Crippen LogP contribution in [0.1, 0.15) is 0 Å². The van der Waals surface area contributed by atoms with E-state index in [-0.39, 0.29) is 10.6 Å². The first-order valence-electron chi connectivity index (χ1n) is 5.72. The highest BCUT2D eigenvalue weighted by molar-refractivity contribution is 7.87. The Bertz CT molecular complexity index is 820. The molecule has 0 saturated heterocycles. The van der Waals surface area contributed by atoms with Gasteiger partial charge in [0.05, 0.1) is 11.4 Å². The Morgan fingerprint density at radius 2 is 1.32 bits per heavy atom. The highest BCUT2D eigenvalue weighted by atomic mass is 32.2. The molecule has 22 heavy (non-hydrogen) atoms. The third-order valence-electron chi connectivity index (χ3n) is 2.22. The molecule has 0 spiro atoms. The second-order valence-electron chi connectivity index (χ2n) is 3.96. The molecule has 120 valence electrons. The van der Waals surface area contributed by atoms with Crippen LogP contribution in [0.3, 0.4) is 0 Å². The summed E-state index contributed by atoms with van der Waals surface area (Å²) in [5.41, 5.74) is 5.66. The Balaban J connectivity index is 0.000000220. The van der Waals surface area contributed by atoms with Crippen LogP contribution in [0, 0.1) is 0 Å². The minimum Gasteiger partial charge on any atom is -0.398 e. The lowest BCUT2D eigenvalue weighted by atomic mass is 10.3. The van der Waals surface area contributed by atoms with E-state index in [9.17, 15) is 16.8 Å². The lowest BCUT2D eigenvalue weighted by Crippen LogP contribution is -2.09. The predicted molar refractivity (Wildman–Crippen MR) is 82.3 cm³/mol. The summed E-state index contributed by atoms with van der Waals surface area (Å²) in [7, 11) is -8.29. The van der Waals surface area contributed by atoms with Crippen molar-refractivity contribution in [1.82, 2.24) is 0 Å². The van der Waals surface area contributed by atoms with Gasteiger partial charge in [-0.05, 0) is 24.3 Å². The first-order chi connectivity index (χ1) is 10.1. The van der Waals surface area contributed by atoms with Crippen LogP contribution in [0.15, 0.2) is 59.5 Å². The number of nitrogen functional groups attached to an aromatic ring is 1. The Morgan fingerprint density at radius 1 is 0.818 bits per heavy atom. The summed E-state index contributed by atoms with van der Waals surface area (Å²) in [6, 6.07) is 13.9. The van der Waals surface area contributed by atoms with Crippen molar-refractivity contribution in [3.8, 4) is 0 Å². The minimum atomic E-state index is -4.16. The molecule has 0 saturated carbocycles. The van der Waals surface area contributed by atoms with Gasteiger partial charge in [-0.1, -0.05) is 30.3 Å². The number of rotatable bonds is 3. The highest BCUT2D eigenvalue weighted by Gasteiger charge is 2.11. The van der Waals surface area contributed by atoms with Crippen LogP contribution in [-0.2, 0) is 20.4 Å². The normalized spacial score (nSPS) is 11.2. The highest BCUT2D eigenvalue weighted by Crippen LogP contribution is 2.15. The van der Waals surface area contributed by atoms with E-state index in [1.54, 1.807) is 24.3 Å². The number of anilines is 2. The van der Waals surface area contributed by atoms with E-state index in [0.717, 1.165) is 0 Å². The molecule has 0 aliphatic heterocycles. The number of para-hydroxylation sites is 2. The Hall–Kier alpha value is -2.14. The van der Waals surface area contributed by atoms with E-state index in [1.807, 2.05) is 4.72 Å². The molecule has 2 rings (SSSR count). The van der Waals surface area contributed by atoms with Crippen LogP contribution in [0.2, 0.25) is 0 Å². The topological polar surface area (TPSA) is 147 Å². The maximum atomic E-state index is 10.5. The molecule has 2 aromatic rings. The van der Waals surface area contributed by atoms with Crippen molar-refractivity contribution < 1.29 is 25.9 Å². The molecule has 5 N–H and O–H groups in total. The summed E-state index contributed by atoms with van der Waals surface area (Å²) < 4.78 is 60.4. The van der Waals surface area contributed by atoms with Gasteiger partial charge in [-0.15, -0.1) is 0 Å². The van der Waals surface area contributed by atoms with Crippen molar-refractivity contribution in [3.63, 3.8) is 0 Å². The molecule has 0 unspecified atom stereocenters. The van der Waals surface area contributed by atoms with Crippen molar-refractivity contribution in [2.24, 2.45) is 0 Å². The van der Waals surface area contributed by atoms with Crippen molar-refractivity contribution in [3.05, 3.63) is 54.6 Å². The first-order valence-corrected chi connectivity index (χ1v) is 8.60. The zero-order valence-corrected chi connectivity index (χ0v) is 12.8. The van der Waals surface area contributed by atoms with E-state index in [0.29, 0.717) is 5.69 Å². The molecule has 10 heteroatoms. The molecule has 0 heterocycles. The van der Waals surface area contributed by atoms with Gasteiger partial charge in [0.2, 0.25) is 0 Å². The summed E-state index contributed by atoms with van der Waals surface area (Å²) in [5, 5.41) is 0. The molecular weight excluding hydrogens is 332 g/mol. The van der Waals surface area contributed by atoms with Crippen molar-refractivity contribution >= 4 is 31.8 Å². The molecule has 8 nitrogen and oxygen atoms in total. The Kier molecular flexibility index (Phi) is 5.88. The zero-order chi connectivity index (χ0) is 16.8. The monoisotopic (exact) mass is 346 g/mol. The SMILES string of the molecule is Nc1ccccc1S(=O)(=O)O.O=S(=O)(O)Nc1ccccc1. The van der Waals surface area contributed by atoms with E-state index in [2.05, 4.69) is 0 Å². The fourth-order valence-electron chi connectivity index (χ4n) is 1.37. The second kappa shape index (κ2) is 7.22. The van der Waals surface area contributed by atoms with Crippen LogP contribution in [0.5, 0.6) is 0 Å². The molecule has 0 aliphatic rings. The fraction of sp³-hybridized carbons (Fsp3) is 0. The standard InChI is InChI=1S/2C6H7NO3S/c8-11(9,10)7-6-4-2-1-3-5-6;7-5-3-1-2-4-6(5)11(8,9)10/h1-5,7H,(H,8,9,10);1-4H,7H2,(H,8,9,10). The molecular formula is C12H14N2O6S2. The summed E-state index contributed by atoms with van der Waals surface area (Å²) in [6.07, 6.45) is 0. The van der Waals surface area contributed by atoms with Gasteiger partial charge in [0.15, 0.2) is 0 Å². The number of nitrogens with one attached hydrogen (secondary N) is 1. The number of nitrogens with two attached hydrogens (primary N) is 1. The van der Waals surface area contributed by atoms with Gasteiger partial charge >= 0.3 is 10.3 Å². The first kappa shape index (κ1) is 17.9. The third-order valence-corrected chi connectivity index (χ3v) is 3.64. The predicted octanol–water partition coefficient (Wildman–Crippen LogP) is 1.42. The third kappa shape index (κ3) is 6.54. The van der Waals surface area contributed by atoms with Gasteiger partial charge in [0.1, 0.15) is 4.90 Å².